The number of carbonyl (C=O) groups excluding carboxylic acids is 2. The number of nitro groups is 1. The first-order valence-corrected chi connectivity index (χ1v) is 26.7. The minimum atomic E-state index is -1.93. The molecule has 0 unspecified atom stereocenters. The number of hydrogen-bond acceptors (Lipinski definition) is 9. The number of nitrogens with zero attached hydrogens (tertiary/aromatic N) is 1. The van der Waals surface area contributed by atoms with Gasteiger partial charge < -0.3 is 23.6 Å². The first kappa shape index (κ1) is 47.0. The number of esters is 2. The molecule has 1 heterocycles. The Morgan fingerprint density at radius 3 is 1.44 bits per heavy atom. The van der Waals surface area contributed by atoms with Gasteiger partial charge in [-0.3, -0.25) is 10.1 Å². The summed E-state index contributed by atoms with van der Waals surface area (Å²) in [7, 11) is -3.85. The maximum atomic E-state index is 13.9. The smallest absolute Gasteiger partial charge is 0.336 e. The van der Waals surface area contributed by atoms with Crippen LogP contribution in [0.2, 0.25) is 36.3 Å². The average Bonchev–Trinajstić information content (AvgIpc) is 3.14. The molecule has 0 radical (unpaired) electrons. The first-order valence-electron chi connectivity index (χ1n) is 20.8. The molecule has 0 amide bonds. The summed E-state index contributed by atoms with van der Waals surface area (Å²) in [6, 6.07) is 22.5. The summed E-state index contributed by atoms with van der Waals surface area (Å²) in [6.45, 7) is 26.1. The van der Waals surface area contributed by atoms with E-state index in [1.165, 1.54) is 23.3 Å². The van der Waals surface area contributed by atoms with Crippen LogP contribution in [0.5, 0.6) is 11.5 Å². The lowest BCUT2D eigenvalue weighted by atomic mass is 9.80. The molecule has 59 heavy (non-hydrogen) atoms. The van der Waals surface area contributed by atoms with Gasteiger partial charge in [-0.25, -0.2) is 9.59 Å². The number of ether oxygens (including phenoxy) is 2. The van der Waals surface area contributed by atoms with Crippen molar-refractivity contribution in [1.82, 2.24) is 5.32 Å². The van der Waals surface area contributed by atoms with Gasteiger partial charge in [-0.05, 0) is 130 Å². The molecular formula is C47H66N2O8Si2. The molecule has 0 atom stereocenters. The Kier molecular flexibility index (Phi) is 15.6. The van der Waals surface area contributed by atoms with Crippen molar-refractivity contribution in [1.29, 1.82) is 0 Å². The number of dihydropyridines is 1. The highest BCUT2D eigenvalue weighted by atomic mass is 28.4. The van der Waals surface area contributed by atoms with E-state index in [4.69, 9.17) is 18.3 Å². The number of carbonyl (C=O) groups is 2. The Balaban J connectivity index is 1.37. The second kappa shape index (κ2) is 19.6. The molecule has 4 rings (SSSR count). The van der Waals surface area contributed by atoms with Crippen LogP contribution >= 0.6 is 0 Å². The molecule has 12 heteroatoms. The zero-order chi connectivity index (χ0) is 43.8. The second-order valence-electron chi connectivity index (χ2n) is 18.7. The Morgan fingerprint density at radius 1 is 0.661 bits per heavy atom. The fourth-order valence-electron chi connectivity index (χ4n) is 6.38. The quantitative estimate of drug-likeness (QED) is 0.0438. The lowest BCUT2D eigenvalue weighted by molar-refractivity contribution is -0.384. The molecule has 1 N–H and O–H groups in total. The van der Waals surface area contributed by atoms with Crippen molar-refractivity contribution < 1.29 is 32.8 Å². The van der Waals surface area contributed by atoms with E-state index in [1.807, 2.05) is 24.3 Å². The van der Waals surface area contributed by atoms with Gasteiger partial charge >= 0.3 is 11.9 Å². The number of allylic oxidation sites excluding steroid dienone is 2. The number of aryl methyl sites for hydroxylation is 2. The normalized spacial score (nSPS) is 14.2. The van der Waals surface area contributed by atoms with Crippen LogP contribution < -0.4 is 14.2 Å². The Labute approximate surface area is 354 Å². The molecule has 0 aromatic heterocycles. The fraction of sp³-hybridized carbons (Fsp3) is 0.489. The van der Waals surface area contributed by atoms with Gasteiger partial charge in [0.15, 0.2) is 0 Å². The maximum absolute atomic E-state index is 13.9. The molecule has 320 valence electrons. The number of nitro benzene ring substituents is 1. The number of hydrogen-bond donors (Lipinski definition) is 1. The summed E-state index contributed by atoms with van der Waals surface area (Å²) in [6.07, 6.45) is 4.49. The zero-order valence-electron chi connectivity index (χ0n) is 37.4. The van der Waals surface area contributed by atoms with Gasteiger partial charge in [-0.1, -0.05) is 77.9 Å². The van der Waals surface area contributed by atoms with Crippen LogP contribution in [0.3, 0.4) is 0 Å². The molecule has 10 nitrogen and oxygen atoms in total. The molecule has 1 aliphatic rings. The van der Waals surface area contributed by atoms with E-state index < -0.39 is 39.4 Å². The van der Waals surface area contributed by atoms with Gasteiger partial charge in [0.2, 0.25) is 16.6 Å². The molecule has 1 aliphatic heterocycles. The number of unbranched alkanes of at least 4 members (excludes halogenated alkanes) is 2. The van der Waals surface area contributed by atoms with E-state index in [9.17, 15) is 19.7 Å². The van der Waals surface area contributed by atoms with Crippen LogP contribution in [0.15, 0.2) is 95.3 Å². The predicted octanol–water partition coefficient (Wildman–Crippen LogP) is 11.7. The van der Waals surface area contributed by atoms with Crippen molar-refractivity contribution in [3.63, 3.8) is 0 Å². The summed E-state index contributed by atoms with van der Waals surface area (Å²) in [4.78, 5) is 39.0. The highest BCUT2D eigenvalue weighted by molar-refractivity contribution is 6.75. The van der Waals surface area contributed by atoms with E-state index in [-0.39, 0.29) is 40.1 Å². The fourth-order valence-corrected chi connectivity index (χ4v) is 8.44. The second-order valence-corrected chi connectivity index (χ2v) is 28.1. The molecule has 0 fully saturated rings. The largest absolute Gasteiger partial charge is 0.544 e. The summed E-state index contributed by atoms with van der Waals surface area (Å²) in [5.74, 6) is -0.325. The van der Waals surface area contributed by atoms with Gasteiger partial charge in [-0.2, -0.15) is 0 Å². The van der Waals surface area contributed by atoms with Gasteiger partial charge in [0.05, 0.1) is 35.2 Å². The van der Waals surface area contributed by atoms with E-state index in [0.29, 0.717) is 29.8 Å². The molecule has 3 aromatic rings. The van der Waals surface area contributed by atoms with Crippen LogP contribution in [0.1, 0.15) is 104 Å². The van der Waals surface area contributed by atoms with Crippen molar-refractivity contribution in [2.45, 2.75) is 136 Å². The number of benzene rings is 3. The third-order valence-corrected chi connectivity index (χ3v) is 20.7. The summed E-state index contributed by atoms with van der Waals surface area (Å²) >= 11 is 0. The number of nitrogens with one attached hydrogen (secondary N) is 1. The van der Waals surface area contributed by atoms with Crippen molar-refractivity contribution >= 4 is 34.3 Å². The Morgan fingerprint density at radius 2 is 1.07 bits per heavy atom. The Bertz CT molecular complexity index is 1890. The van der Waals surface area contributed by atoms with E-state index in [2.05, 4.69) is 97.3 Å². The summed E-state index contributed by atoms with van der Waals surface area (Å²) in [5.41, 5.74) is 4.11. The maximum Gasteiger partial charge on any atom is 0.336 e. The van der Waals surface area contributed by atoms with Crippen molar-refractivity contribution in [2.24, 2.45) is 0 Å². The lowest BCUT2D eigenvalue weighted by Crippen LogP contribution is -2.43. The van der Waals surface area contributed by atoms with E-state index in [0.717, 1.165) is 37.2 Å². The minimum absolute atomic E-state index is 0.112. The minimum Gasteiger partial charge on any atom is -0.544 e. The zero-order valence-corrected chi connectivity index (χ0v) is 39.4. The van der Waals surface area contributed by atoms with Crippen LogP contribution in [0.25, 0.3) is 0 Å². The van der Waals surface area contributed by atoms with Crippen LogP contribution in [0, 0.1) is 10.1 Å². The Hall–Kier alpha value is -4.69. The molecule has 0 saturated heterocycles. The number of rotatable bonds is 18. The molecule has 0 bridgehead atoms. The monoisotopic (exact) mass is 842 g/mol. The molecule has 0 spiro atoms. The van der Waals surface area contributed by atoms with Gasteiger partial charge in [0.1, 0.15) is 11.5 Å². The molecule has 0 aliphatic carbocycles. The molecule has 3 aromatic carbocycles. The molecular weight excluding hydrogens is 777 g/mol. The predicted molar refractivity (Wildman–Crippen MR) is 241 cm³/mol. The third kappa shape index (κ3) is 12.7. The van der Waals surface area contributed by atoms with E-state index >= 15 is 0 Å². The highest BCUT2D eigenvalue weighted by Gasteiger charge is 2.41. The van der Waals surface area contributed by atoms with Gasteiger partial charge in [0.25, 0.3) is 5.69 Å². The summed E-state index contributed by atoms with van der Waals surface area (Å²) < 4.78 is 24.5. The molecule has 0 saturated carbocycles. The van der Waals surface area contributed by atoms with Crippen molar-refractivity contribution in [3.05, 3.63) is 122 Å². The van der Waals surface area contributed by atoms with Crippen molar-refractivity contribution in [2.75, 3.05) is 13.2 Å². The average molecular weight is 843 g/mol. The summed E-state index contributed by atoms with van der Waals surface area (Å²) in [5, 5.41) is 15.2. The lowest BCUT2D eigenvalue weighted by Gasteiger charge is -2.36. The SMILES string of the molecule is CC1=C(C(=O)OCCCCc2ccc(O[Si](C)(C)C(C)(C)C)cc2)C(c2cccc([N+](=O)[O-])c2)C(C(=O)OCCCCc2ccc(O[Si](C)(C)C(C)(C)C)cc2)=C(C)N1. The standard InChI is InChI=1S/C47H66N2O8Si2/c1-33-41(44(50)54-30-15-13-18-35-22-26-39(27-23-35)56-58(9,10)46(3,4)5)43(37-20-17-21-38(32-37)49(52)53)42(34(2)48-33)45(51)55-31-16-14-19-36-24-28-40(29-25-36)57-59(11,12)47(6,7)8/h17,20-29,32,43,48H,13-16,18-19,30-31H2,1-12H3. The van der Waals surface area contributed by atoms with Crippen LogP contribution in [-0.2, 0) is 31.9 Å². The van der Waals surface area contributed by atoms with Crippen molar-refractivity contribution in [3.8, 4) is 11.5 Å². The first-order chi connectivity index (χ1) is 27.5. The van der Waals surface area contributed by atoms with Crippen LogP contribution in [0.4, 0.5) is 5.69 Å². The number of non-ortho nitro benzene ring substituents is 1. The van der Waals surface area contributed by atoms with Gasteiger partial charge in [0, 0.05) is 23.5 Å². The topological polar surface area (TPSA) is 126 Å². The highest BCUT2D eigenvalue weighted by Crippen LogP contribution is 2.41. The van der Waals surface area contributed by atoms with Crippen LogP contribution in [-0.4, -0.2) is 46.7 Å². The third-order valence-electron chi connectivity index (χ3n) is 12.0. The van der Waals surface area contributed by atoms with Gasteiger partial charge in [-0.15, -0.1) is 0 Å². The van der Waals surface area contributed by atoms with E-state index in [1.54, 1.807) is 26.0 Å².